The third-order valence-electron chi connectivity index (χ3n) is 3.81. The van der Waals surface area contributed by atoms with E-state index in [9.17, 15) is 0 Å². The lowest BCUT2D eigenvalue weighted by Gasteiger charge is -2.37. The van der Waals surface area contributed by atoms with Crippen molar-refractivity contribution in [1.82, 2.24) is 0 Å². The quantitative estimate of drug-likeness (QED) is 0.377. The maximum atomic E-state index is 2.36. The van der Waals surface area contributed by atoms with Crippen LogP contribution < -0.4 is 0 Å². The van der Waals surface area contributed by atoms with Crippen molar-refractivity contribution in [3.05, 3.63) is 0 Å². The monoisotopic (exact) mass is 214 g/mol. The van der Waals surface area contributed by atoms with Crippen molar-refractivity contribution in [3.63, 3.8) is 0 Å². The van der Waals surface area contributed by atoms with Gasteiger partial charge in [-0.3, -0.25) is 0 Å². The van der Waals surface area contributed by atoms with Crippen molar-refractivity contribution in [1.29, 1.82) is 0 Å². The van der Waals surface area contributed by atoms with Crippen molar-refractivity contribution in [2.75, 3.05) is 26.2 Å². The highest BCUT2D eigenvalue weighted by atomic mass is 15.3. The molecule has 0 aromatic carbocycles. The van der Waals surface area contributed by atoms with Crippen molar-refractivity contribution < 1.29 is 4.48 Å². The Kier molecular flexibility index (Phi) is 9.18. The van der Waals surface area contributed by atoms with Gasteiger partial charge in [0, 0.05) is 0 Å². The Morgan fingerprint density at radius 1 is 0.600 bits per heavy atom. The number of hydrogen-bond acceptors (Lipinski definition) is 0. The van der Waals surface area contributed by atoms with Gasteiger partial charge in [0.25, 0.3) is 0 Å². The molecular formula is C14H32N+. The molecule has 0 fully saturated rings. The maximum absolute atomic E-state index is 2.36. The van der Waals surface area contributed by atoms with E-state index in [1.165, 1.54) is 69.2 Å². The molecule has 0 saturated heterocycles. The lowest BCUT2D eigenvalue weighted by molar-refractivity contribution is -0.925. The first-order chi connectivity index (χ1) is 7.24. The zero-order valence-corrected chi connectivity index (χ0v) is 11.5. The second-order valence-corrected chi connectivity index (χ2v) is 4.84. The number of rotatable bonds is 10. The van der Waals surface area contributed by atoms with Gasteiger partial charge in [0.15, 0.2) is 0 Å². The number of nitrogens with zero attached hydrogens (tertiary/aromatic N) is 1. The van der Waals surface area contributed by atoms with Crippen molar-refractivity contribution in [2.24, 2.45) is 0 Å². The number of hydrogen-bond donors (Lipinski definition) is 0. The predicted molar refractivity (Wildman–Crippen MR) is 70.1 cm³/mol. The summed E-state index contributed by atoms with van der Waals surface area (Å²) >= 11 is 0. The molecule has 1 nitrogen and oxygen atoms in total. The maximum Gasteiger partial charge on any atom is 0.0786 e. The Hall–Kier alpha value is -0.0400. The highest BCUT2D eigenvalue weighted by Crippen LogP contribution is 2.12. The molecule has 0 radical (unpaired) electrons. The summed E-state index contributed by atoms with van der Waals surface area (Å²) in [4.78, 5) is 0. The van der Waals surface area contributed by atoms with Crippen LogP contribution >= 0.6 is 0 Å². The minimum absolute atomic E-state index is 1.32. The Bertz CT molecular complexity index is 115. The molecule has 0 unspecified atom stereocenters. The van der Waals surface area contributed by atoms with Crippen LogP contribution in [0.4, 0.5) is 0 Å². The van der Waals surface area contributed by atoms with Gasteiger partial charge < -0.3 is 4.48 Å². The van der Waals surface area contributed by atoms with Crippen LogP contribution in [0.1, 0.15) is 66.2 Å². The van der Waals surface area contributed by atoms with Crippen molar-refractivity contribution in [3.8, 4) is 0 Å². The van der Waals surface area contributed by atoms with E-state index < -0.39 is 0 Å². The van der Waals surface area contributed by atoms with Gasteiger partial charge in [-0.1, -0.05) is 26.7 Å². The first-order valence-corrected chi connectivity index (χ1v) is 7.09. The van der Waals surface area contributed by atoms with Crippen LogP contribution in [-0.4, -0.2) is 30.7 Å². The minimum Gasteiger partial charge on any atom is -0.324 e. The molecule has 0 atom stereocenters. The lowest BCUT2D eigenvalue weighted by Crippen LogP contribution is -2.49. The van der Waals surface area contributed by atoms with Crippen LogP contribution in [0.2, 0.25) is 0 Å². The van der Waals surface area contributed by atoms with Crippen LogP contribution in [0.3, 0.4) is 0 Å². The van der Waals surface area contributed by atoms with E-state index in [-0.39, 0.29) is 0 Å². The van der Waals surface area contributed by atoms with Crippen LogP contribution in [0.15, 0.2) is 0 Å². The molecule has 0 heterocycles. The molecular weight excluding hydrogens is 182 g/mol. The first kappa shape index (κ1) is 15.0. The summed E-state index contributed by atoms with van der Waals surface area (Å²) in [5.41, 5.74) is 0. The number of unbranched alkanes of at least 4 members (excludes halogenated alkanes) is 4. The second kappa shape index (κ2) is 9.21. The van der Waals surface area contributed by atoms with E-state index in [1.54, 1.807) is 0 Å². The van der Waals surface area contributed by atoms with E-state index in [1.807, 2.05) is 0 Å². The Morgan fingerprint density at radius 3 is 1.27 bits per heavy atom. The molecule has 0 bridgehead atoms. The zero-order valence-electron chi connectivity index (χ0n) is 11.5. The molecule has 0 rings (SSSR count). The summed E-state index contributed by atoms with van der Waals surface area (Å²) in [5.74, 6) is 0. The van der Waals surface area contributed by atoms with E-state index >= 15 is 0 Å². The van der Waals surface area contributed by atoms with E-state index in [2.05, 4.69) is 27.7 Å². The second-order valence-electron chi connectivity index (χ2n) is 4.84. The van der Waals surface area contributed by atoms with E-state index in [0.29, 0.717) is 0 Å². The summed E-state index contributed by atoms with van der Waals surface area (Å²) in [6.07, 6.45) is 8.36. The van der Waals surface area contributed by atoms with Gasteiger partial charge in [-0.25, -0.2) is 0 Å². The van der Waals surface area contributed by atoms with Gasteiger partial charge >= 0.3 is 0 Å². The molecule has 15 heavy (non-hydrogen) atoms. The smallest absolute Gasteiger partial charge is 0.0786 e. The molecule has 0 N–H and O–H groups in total. The van der Waals surface area contributed by atoms with Gasteiger partial charge in [-0.05, 0) is 39.5 Å². The Balaban J connectivity index is 3.93. The van der Waals surface area contributed by atoms with E-state index in [0.717, 1.165) is 0 Å². The summed E-state index contributed by atoms with van der Waals surface area (Å²) in [5, 5.41) is 0. The fraction of sp³-hybridized carbons (Fsp3) is 1.00. The van der Waals surface area contributed by atoms with Gasteiger partial charge in [-0.15, -0.1) is 0 Å². The third-order valence-corrected chi connectivity index (χ3v) is 3.81. The topological polar surface area (TPSA) is 0 Å². The highest BCUT2D eigenvalue weighted by molar-refractivity contribution is 4.45. The fourth-order valence-electron chi connectivity index (χ4n) is 2.36. The molecule has 0 aliphatic rings. The summed E-state index contributed by atoms with van der Waals surface area (Å²) in [6, 6.07) is 0. The van der Waals surface area contributed by atoms with Crippen LogP contribution in [0.5, 0.6) is 0 Å². The molecule has 92 valence electrons. The predicted octanol–water partition coefficient (Wildman–Crippen LogP) is 4.22. The Labute approximate surface area is 97.5 Å². The summed E-state index contributed by atoms with van der Waals surface area (Å²) in [7, 11) is 0. The molecule has 0 aliphatic heterocycles. The average Bonchev–Trinajstić information content (AvgIpc) is 2.28. The minimum atomic E-state index is 1.32. The van der Waals surface area contributed by atoms with Crippen LogP contribution in [0, 0.1) is 0 Å². The molecule has 0 saturated carbocycles. The lowest BCUT2D eigenvalue weighted by atomic mass is 10.1. The average molecular weight is 214 g/mol. The molecule has 0 aromatic rings. The number of quaternary nitrogens is 1. The molecule has 0 aromatic heterocycles. The van der Waals surface area contributed by atoms with Crippen molar-refractivity contribution >= 4 is 0 Å². The molecule has 0 spiro atoms. The largest absolute Gasteiger partial charge is 0.324 e. The standard InChI is InChI=1S/C14H32N/c1-5-9-11-13-15(7-3,8-4)14-12-10-6-2/h5-14H2,1-4H3/q+1. The SMILES string of the molecule is CCCCC[N+](CC)(CC)CCCCC. The Morgan fingerprint density at radius 2 is 1.00 bits per heavy atom. The fourth-order valence-corrected chi connectivity index (χ4v) is 2.36. The van der Waals surface area contributed by atoms with Crippen LogP contribution in [0.25, 0.3) is 0 Å². The zero-order chi connectivity index (χ0) is 11.6. The van der Waals surface area contributed by atoms with Gasteiger partial charge in [0.2, 0.25) is 0 Å². The van der Waals surface area contributed by atoms with Gasteiger partial charge in [0.05, 0.1) is 26.2 Å². The third kappa shape index (κ3) is 6.19. The molecule has 0 amide bonds. The van der Waals surface area contributed by atoms with E-state index in [4.69, 9.17) is 0 Å². The van der Waals surface area contributed by atoms with Gasteiger partial charge in [-0.2, -0.15) is 0 Å². The molecule has 0 aliphatic carbocycles. The normalized spacial score (nSPS) is 12.0. The van der Waals surface area contributed by atoms with Gasteiger partial charge in [0.1, 0.15) is 0 Å². The summed E-state index contributed by atoms with van der Waals surface area (Å²) in [6.45, 7) is 14.8. The highest BCUT2D eigenvalue weighted by Gasteiger charge is 2.21. The van der Waals surface area contributed by atoms with Crippen LogP contribution in [-0.2, 0) is 0 Å². The van der Waals surface area contributed by atoms with Crippen molar-refractivity contribution in [2.45, 2.75) is 66.2 Å². The molecule has 1 heteroatoms. The first-order valence-electron chi connectivity index (χ1n) is 7.09. The summed E-state index contributed by atoms with van der Waals surface area (Å²) < 4.78 is 1.36.